The number of hydrogen-bond donors (Lipinski definition) is 1. The zero-order valence-corrected chi connectivity index (χ0v) is 20.9. The van der Waals surface area contributed by atoms with Crippen LogP contribution in [-0.2, 0) is 29.1 Å². The minimum atomic E-state index is -3.72. The first-order valence-corrected chi connectivity index (χ1v) is 12.7. The number of nitrogens with zero attached hydrogens (tertiary/aromatic N) is 2. The molecule has 1 aliphatic heterocycles. The van der Waals surface area contributed by atoms with Crippen molar-refractivity contribution in [3.63, 3.8) is 0 Å². The lowest BCUT2D eigenvalue weighted by Gasteiger charge is -2.38. The van der Waals surface area contributed by atoms with Gasteiger partial charge in [0, 0.05) is 52.3 Å². The fraction of sp³-hybridized carbons (Fsp3) is 0.417. The molecule has 1 unspecified atom stereocenters. The van der Waals surface area contributed by atoms with E-state index in [1.807, 2.05) is 11.0 Å². The van der Waals surface area contributed by atoms with Crippen molar-refractivity contribution >= 4 is 27.6 Å². The monoisotopic (exact) mass is 505 g/mol. The highest BCUT2D eigenvalue weighted by Gasteiger charge is 2.31. The Hall–Kier alpha value is -3.15. The van der Waals surface area contributed by atoms with Crippen LogP contribution in [0.25, 0.3) is 0 Å². The third kappa shape index (κ3) is 6.71. The van der Waals surface area contributed by atoms with Crippen LogP contribution in [0.2, 0.25) is 0 Å². The van der Waals surface area contributed by atoms with Gasteiger partial charge in [0.2, 0.25) is 16.1 Å². The normalized spacial score (nSPS) is 14.9. The predicted octanol–water partition coefficient (Wildman–Crippen LogP) is 1.57. The molecule has 2 aromatic rings. The van der Waals surface area contributed by atoms with Crippen molar-refractivity contribution < 1.29 is 32.2 Å². The zero-order valence-electron chi connectivity index (χ0n) is 20.1. The summed E-state index contributed by atoms with van der Waals surface area (Å²) in [7, 11) is -0.702. The van der Waals surface area contributed by atoms with Gasteiger partial charge in [0.05, 0.1) is 24.3 Å². The first-order chi connectivity index (χ1) is 16.8. The molecule has 1 aliphatic rings. The maximum Gasteiger partial charge on any atom is 0.303 e. The number of hydrogen-bond acceptors (Lipinski definition) is 8. The van der Waals surface area contributed by atoms with E-state index in [0.29, 0.717) is 43.2 Å². The molecule has 0 bridgehead atoms. The molecule has 3 rings (SSSR count). The van der Waals surface area contributed by atoms with E-state index in [1.165, 1.54) is 27.2 Å². The summed E-state index contributed by atoms with van der Waals surface area (Å²) in [5.41, 5.74) is 1.23. The average molecular weight is 506 g/mol. The van der Waals surface area contributed by atoms with E-state index in [1.54, 1.807) is 41.3 Å². The van der Waals surface area contributed by atoms with Gasteiger partial charge in [-0.3, -0.25) is 9.59 Å². The maximum absolute atomic E-state index is 13.2. The molecule has 1 heterocycles. The topological polar surface area (TPSA) is 114 Å². The van der Waals surface area contributed by atoms with Crippen LogP contribution in [0.5, 0.6) is 5.75 Å². The van der Waals surface area contributed by atoms with E-state index in [2.05, 4.69) is 4.72 Å². The second-order valence-corrected chi connectivity index (χ2v) is 9.70. The molecule has 0 aromatic heterocycles. The third-order valence-corrected chi connectivity index (χ3v) is 7.06. The number of carbonyl (C=O) groups is 2. The van der Waals surface area contributed by atoms with Gasteiger partial charge in [0.25, 0.3) is 5.91 Å². The Morgan fingerprint density at radius 2 is 1.71 bits per heavy atom. The van der Waals surface area contributed by atoms with E-state index in [4.69, 9.17) is 14.2 Å². The summed E-state index contributed by atoms with van der Waals surface area (Å²) in [6.45, 7) is 3.33. The van der Waals surface area contributed by atoms with Crippen LogP contribution in [0, 0.1) is 0 Å². The molecule has 35 heavy (non-hydrogen) atoms. The molecule has 1 saturated heterocycles. The van der Waals surface area contributed by atoms with Crippen molar-refractivity contribution in [3.8, 4) is 5.75 Å². The second-order valence-electron chi connectivity index (χ2n) is 7.94. The maximum atomic E-state index is 13.2. The van der Waals surface area contributed by atoms with E-state index in [-0.39, 0.29) is 24.0 Å². The number of carbonyl (C=O) groups excluding carboxylic acids is 2. The zero-order chi connectivity index (χ0) is 25.4. The summed E-state index contributed by atoms with van der Waals surface area (Å²) >= 11 is 0. The minimum absolute atomic E-state index is 0.113. The predicted molar refractivity (Wildman–Crippen MR) is 130 cm³/mol. The first kappa shape index (κ1) is 26.5. The van der Waals surface area contributed by atoms with Crippen LogP contribution in [0.3, 0.4) is 0 Å². The summed E-state index contributed by atoms with van der Waals surface area (Å²) in [6, 6.07) is 13.6. The van der Waals surface area contributed by atoms with Crippen molar-refractivity contribution in [2.75, 3.05) is 58.5 Å². The standard InChI is InChI=1S/C24H31N3O7S/c1-18(28)34-23(19-7-5-4-6-8-19)24(29)27-14-12-26(13-15-27)21-17-20(9-10-22(21)33-3)35(30,31)25-11-16-32-2/h4-10,17,23,25H,11-16H2,1-3H3. The molecule has 190 valence electrons. The van der Waals surface area contributed by atoms with Crippen molar-refractivity contribution in [1.82, 2.24) is 9.62 Å². The number of amides is 1. The van der Waals surface area contributed by atoms with Crippen LogP contribution in [0.4, 0.5) is 5.69 Å². The molecule has 2 aromatic carbocycles. The molecule has 1 N–H and O–H groups in total. The Balaban J connectivity index is 1.75. The van der Waals surface area contributed by atoms with Crippen LogP contribution < -0.4 is 14.4 Å². The largest absolute Gasteiger partial charge is 0.495 e. The van der Waals surface area contributed by atoms with Crippen molar-refractivity contribution in [2.24, 2.45) is 0 Å². The van der Waals surface area contributed by atoms with E-state index < -0.39 is 22.1 Å². The second kappa shape index (κ2) is 12.0. The smallest absolute Gasteiger partial charge is 0.303 e. The number of sulfonamides is 1. The number of benzene rings is 2. The Kier molecular flexibility index (Phi) is 9.07. The molecule has 0 radical (unpaired) electrons. The van der Waals surface area contributed by atoms with E-state index in [9.17, 15) is 18.0 Å². The molecule has 1 amide bonds. The van der Waals surface area contributed by atoms with Crippen LogP contribution in [-0.4, -0.2) is 78.7 Å². The summed E-state index contributed by atoms with van der Waals surface area (Å²) in [5.74, 6) is -0.299. The molecule has 0 spiro atoms. The lowest BCUT2D eigenvalue weighted by atomic mass is 10.1. The Morgan fingerprint density at radius 3 is 2.31 bits per heavy atom. The molecule has 1 atom stereocenters. The first-order valence-electron chi connectivity index (χ1n) is 11.2. The van der Waals surface area contributed by atoms with E-state index in [0.717, 1.165) is 0 Å². The number of nitrogens with one attached hydrogen (secondary N) is 1. The molecule has 10 nitrogen and oxygen atoms in total. The van der Waals surface area contributed by atoms with Gasteiger partial charge in [-0.25, -0.2) is 13.1 Å². The van der Waals surface area contributed by atoms with Gasteiger partial charge in [-0.2, -0.15) is 0 Å². The van der Waals surface area contributed by atoms with Gasteiger partial charge in [0.1, 0.15) is 5.75 Å². The molecule has 11 heteroatoms. The van der Waals surface area contributed by atoms with Crippen molar-refractivity contribution in [1.29, 1.82) is 0 Å². The Labute approximate surface area is 205 Å². The number of rotatable bonds is 10. The highest BCUT2D eigenvalue weighted by atomic mass is 32.2. The quantitative estimate of drug-likeness (QED) is 0.382. The fourth-order valence-corrected chi connectivity index (χ4v) is 4.87. The SMILES string of the molecule is COCCNS(=O)(=O)c1ccc(OC)c(N2CCN(C(=O)C(OC(C)=O)c3ccccc3)CC2)c1. The summed E-state index contributed by atoms with van der Waals surface area (Å²) in [6.07, 6.45) is -1.01. The number of anilines is 1. The van der Waals surface area contributed by atoms with Crippen LogP contribution in [0.15, 0.2) is 53.4 Å². The Bertz CT molecular complexity index is 1120. The summed E-state index contributed by atoms with van der Waals surface area (Å²) in [4.78, 5) is 28.6. The molecule has 0 saturated carbocycles. The highest BCUT2D eigenvalue weighted by molar-refractivity contribution is 7.89. The number of ether oxygens (including phenoxy) is 3. The minimum Gasteiger partial charge on any atom is -0.495 e. The molecular weight excluding hydrogens is 474 g/mol. The summed E-state index contributed by atoms with van der Waals surface area (Å²) in [5, 5.41) is 0. The number of piperazine rings is 1. The lowest BCUT2D eigenvalue weighted by Crippen LogP contribution is -2.50. The van der Waals surface area contributed by atoms with Gasteiger partial charge in [-0.1, -0.05) is 30.3 Å². The highest BCUT2D eigenvalue weighted by Crippen LogP contribution is 2.32. The lowest BCUT2D eigenvalue weighted by molar-refractivity contribution is -0.159. The Morgan fingerprint density at radius 1 is 1.03 bits per heavy atom. The van der Waals surface area contributed by atoms with Crippen LogP contribution >= 0.6 is 0 Å². The number of esters is 1. The molecule has 0 aliphatic carbocycles. The van der Waals surface area contributed by atoms with Gasteiger partial charge >= 0.3 is 5.97 Å². The van der Waals surface area contributed by atoms with Crippen molar-refractivity contribution in [3.05, 3.63) is 54.1 Å². The van der Waals surface area contributed by atoms with Crippen LogP contribution in [0.1, 0.15) is 18.6 Å². The van der Waals surface area contributed by atoms with Gasteiger partial charge in [-0.15, -0.1) is 0 Å². The van der Waals surface area contributed by atoms with E-state index >= 15 is 0 Å². The third-order valence-electron chi connectivity index (χ3n) is 5.60. The molecule has 1 fully saturated rings. The summed E-state index contributed by atoms with van der Waals surface area (Å²) < 4.78 is 43.5. The fourth-order valence-electron chi connectivity index (χ4n) is 3.83. The van der Waals surface area contributed by atoms with Gasteiger partial charge in [0.15, 0.2) is 0 Å². The van der Waals surface area contributed by atoms with Crippen molar-refractivity contribution in [2.45, 2.75) is 17.9 Å². The molecular formula is C24H31N3O7S. The van der Waals surface area contributed by atoms with Gasteiger partial charge < -0.3 is 24.0 Å². The average Bonchev–Trinajstić information content (AvgIpc) is 2.87. The van der Waals surface area contributed by atoms with Gasteiger partial charge in [-0.05, 0) is 18.2 Å². The number of methoxy groups -OCH3 is 2.